The Labute approximate surface area is 298 Å². The van der Waals surface area contributed by atoms with Gasteiger partial charge in [0.15, 0.2) is 0 Å². The van der Waals surface area contributed by atoms with Crippen molar-refractivity contribution in [2.24, 2.45) is 0 Å². The van der Waals surface area contributed by atoms with Gasteiger partial charge in [-0.2, -0.15) is 0 Å². The molecule has 0 atom stereocenters. The highest BCUT2D eigenvalue weighted by molar-refractivity contribution is 6.24. The van der Waals surface area contributed by atoms with Crippen LogP contribution in [0, 0.1) is 0 Å². The molecule has 0 fully saturated rings. The van der Waals surface area contributed by atoms with E-state index in [4.69, 9.17) is 0 Å². The summed E-state index contributed by atoms with van der Waals surface area (Å²) in [5, 5.41) is 10.6. The molecule has 2 aliphatic rings. The second-order valence-corrected chi connectivity index (χ2v) is 15.2. The maximum Gasteiger partial charge on any atom is 0.0158 e. The fourth-order valence-corrected chi connectivity index (χ4v) is 9.67. The Kier molecular flexibility index (Phi) is 5.94. The van der Waals surface area contributed by atoms with Gasteiger partial charge in [0.1, 0.15) is 0 Å². The van der Waals surface area contributed by atoms with Gasteiger partial charge in [-0.3, -0.25) is 0 Å². The van der Waals surface area contributed by atoms with Crippen LogP contribution in [0.4, 0.5) is 0 Å². The number of rotatable bonds is 3. The van der Waals surface area contributed by atoms with E-state index in [1.54, 1.807) is 0 Å². The molecule has 0 heteroatoms. The summed E-state index contributed by atoms with van der Waals surface area (Å²) in [5.41, 5.74) is 16.2. The quantitative estimate of drug-likeness (QED) is 0.167. The largest absolute Gasteiger partial charge is 0.0619 e. The molecule has 0 unspecified atom stereocenters. The van der Waals surface area contributed by atoms with E-state index in [1.807, 2.05) is 0 Å². The molecule has 11 rings (SSSR count). The Hall–Kier alpha value is -5.98. The zero-order valence-electron chi connectivity index (χ0n) is 28.9. The maximum atomic E-state index is 2.48. The molecule has 2 aliphatic carbocycles. The minimum absolute atomic E-state index is 0.0303. The summed E-state index contributed by atoms with van der Waals surface area (Å²) >= 11 is 0. The number of benzene rings is 9. The first kappa shape index (κ1) is 28.8. The molecule has 0 N–H and O–H groups in total. The minimum Gasteiger partial charge on any atom is -0.0619 e. The highest BCUT2D eigenvalue weighted by atomic mass is 14.4. The van der Waals surface area contributed by atoms with Gasteiger partial charge in [-0.05, 0) is 141 Å². The van der Waals surface area contributed by atoms with Gasteiger partial charge in [0.25, 0.3) is 0 Å². The van der Waals surface area contributed by atoms with Gasteiger partial charge >= 0.3 is 0 Å². The van der Waals surface area contributed by atoms with Crippen LogP contribution in [0.15, 0.2) is 158 Å². The molecule has 0 amide bonds. The highest BCUT2D eigenvalue weighted by Crippen LogP contribution is 2.52. The smallest absolute Gasteiger partial charge is 0.0158 e. The minimum atomic E-state index is -0.0303. The molecular formula is C51H36. The number of hydrogen-bond donors (Lipinski definition) is 0. The van der Waals surface area contributed by atoms with Crippen molar-refractivity contribution >= 4 is 43.1 Å². The highest BCUT2D eigenvalue weighted by Gasteiger charge is 2.35. The van der Waals surface area contributed by atoms with Crippen molar-refractivity contribution in [2.75, 3.05) is 0 Å². The lowest BCUT2D eigenvalue weighted by molar-refractivity contribution is 0.660. The number of aryl methyl sites for hydroxylation is 2. The van der Waals surface area contributed by atoms with Crippen LogP contribution in [0.5, 0.6) is 0 Å². The summed E-state index contributed by atoms with van der Waals surface area (Å²) in [6, 6.07) is 59.9. The summed E-state index contributed by atoms with van der Waals surface area (Å²) in [6.07, 6.45) is 2.26. The van der Waals surface area contributed by atoms with Crippen molar-refractivity contribution in [1.82, 2.24) is 0 Å². The Balaban J connectivity index is 1.25. The van der Waals surface area contributed by atoms with Gasteiger partial charge in [0, 0.05) is 5.41 Å². The predicted octanol–water partition coefficient (Wildman–Crippen LogP) is 13.7. The monoisotopic (exact) mass is 648 g/mol. The van der Waals surface area contributed by atoms with Crippen LogP contribution in [0.3, 0.4) is 0 Å². The lowest BCUT2D eigenvalue weighted by Crippen LogP contribution is -2.14. The number of fused-ring (bicyclic) bond motifs is 6. The Morgan fingerprint density at radius 2 is 1.02 bits per heavy atom. The van der Waals surface area contributed by atoms with Crippen molar-refractivity contribution < 1.29 is 0 Å². The summed E-state index contributed by atoms with van der Waals surface area (Å²) in [5.74, 6) is 0. The summed E-state index contributed by atoms with van der Waals surface area (Å²) < 4.78 is 0. The van der Waals surface area contributed by atoms with Crippen LogP contribution in [0.25, 0.3) is 87.6 Å². The molecule has 9 aromatic rings. The zero-order valence-corrected chi connectivity index (χ0v) is 28.9. The third kappa shape index (κ3) is 4.08. The molecular weight excluding hydrogens is 613 g/mol. The molecule has 0 bridgehead atoms. The molecule has 240 valence electrons. The molecule has 0 nitrogen and oxygen atoms in total. The third-order valence-electron chi connectivity index (χ3n) is 12.1. The van der Waals surface area contributed by atoms with Crippen molar-refractivity contribution in [3.05, 3.63) is 180 Å². The van der Waals surface area contributed by atoms with Crippen molar-refractivity contribution in [2.45, 2.75) is 32.1 Å². The lowest BCUT2D eigenvalue weighted by Gasteiger charge is -2.22. The average molecular weight is 649 g/mol. The molecule has 0 aliphatic heterocycles. The Morgan fingerprint density at radius 1 is 0.373 bits per heavy atom. The second kappa shape index (κ2) is 10.5. The molecule has 0 spiro atoms. The molecule has 9 aromatic carbocycles. The van der Waals surface area contributed by atoms with Crippen LogP contribution < -0.4 is 0 Å². The average Bonchev–Trinajstić information content (AvgIpc) is 3.70. The maximum absolute atomic E-state index is 2.48. The van der Waals surface area contributed by atoms with E-state index < -0.39 is 0 Å². The number of hydrogen-bond acceptors (Lipinski definition) is 0. The van der Waals surface area contributed by atoms with Gasteiger partial charge in [-0.1, -0.05) is 153 Å². The zero-order chi connectivity index (χ0) is 33.8. The van der Waals surface area contributed by atoms with Crippen LogP contribution in [0.1, 0.15) is 36.1 Å². The van der Waals surface area contributed by atoms with E-state index in [-0.39, 0.29) is 5.41 Å². The van der Waals surface area contributed by atoms with E-state index in [9.17, 15) is 0 Å². The molecule has 0 heterocycles. The molecule has 51 heavy (non-hydrogen) atoms. The van der Waals surface area contributed by atoms with Crippen molar-refractivity contribution in [1.29, 1.82) is 0 Å². The molecule has 0 aromatic heterocycles. The van der Waals surface area contributed by atoms with E-state index in [0.717, 1.165) is 12.8 Å². The van der Waals surface area contributed by atoms with Gasteiger partial charge < -0.3 is 0 Å². The second-order valence-electron chi connectivity index (χ2n) is 15.2. The summed E-state index contributed by atoms with van der Waals surface area (Å²) in [4.78, 5) is 0. The normalized spacial score (nSPS) is 14.1. The van der Waals surface area contributed by atoms with Gasteiger partial charge in [0.05, 0.1) is 0 Å². The van der Waals surface area contributed by atoms with E-state index in [1.165, 1.54) is 110 Å². The lowest BCUT2D eigenvalue weighted by atomic mass is 9.81. The van der Waals surface area contributed by atoms with Gasteiger partial charge in [-0.15, -0.1) is 0 Å². The Bertz CT molecular complexity index is 2930. The fraction of sp³-hybridized carbons (Fsp3) is 0.0980. The molecule has 0 saturated heterocycles. The van der Waals surface area contributed by atoms with Crippen molar-refractivity contribution in [3.8, 4) is 44.5 Å². The van der Waals surface area contributed by atoms with Crippen LogP contribution in [-0.4, -0.2) is 0 Å². The summed E-state index contributed by atoms with van der Waals surface area (Å²) in [7, 11) is 0. The van der Waals surface area contributed by atoms with Crippen LogP contribution in [0.2, 0.25) is 0 Å². The van der Waals surface area contributed by atoms with Crippen LogP contribution >= 0.6 is 0 Å². The first-order valence-corrected chi connectivity index (χ1v) is 18.3. The van der Waals surface area contributed by atoms with E-state index in [0.29, 0.717) is 0 Å². The van der Waals surface area contributed by atoms with Crippen LogP contribution in [-0.2, 0) is 18.3 Å². The predicted molar refractivity (Wildman–Crippen MR) is 218 cm³/mol. The fourth-order valence-electron chi connectivity index (χ4n) is 9.67. The van der Waals surface area contributed by atoms with E-state index in [2.05, 4.69) is 172 Å². The molecule has 0 saturated carbocycles. The standard InChI is InChI=1S/C51H36/c1-51(2)46-17-8-7-13-38(46)44-30-37(24-27-47(44)51)49-40-14-5-6-15-41(40)50(42-25-22-33-20-19-32-12-9-16-39(42)48(32)33)43-26-23-36(29-45(43)49)35-21-18-31-10-3-4-11-34(31)28-35/h3-18,21-30H,19-20H2,1-2H3. The molecule has 0 radical (unpaired) electrons. The van der Waals surface area contributed by atoms with E-state index >= 15 is 0 Å². The first-order valence-electron chi connectivity index (χ1n) is 18.3. The van der Waals surface area contributed by atoms with Gasteiger partial charge in [0.2, 0.25) is 0 Å². The Morgan fingerprint density at radius 3 is 1.90 bits per heavy atom. The topological polar surface area (TPSA) is 0 Å². The summed E-state index contributed by atoms with van der Waals surface area (Å²) in [6.45, 7) is 4.73. The van der Waals surface area contributed by atoms with Gasteiger partial charge in [-0.25, -0.2) is 0 Å². The van der Waals surface area contributed by atoms with Crippen molar-refractivity contribution in [3.63, 3.8) is 0 Å². The SMILES string of the molecule is CC1(C)c2ccccc2-c2cc(-c3c4ccccc4c(-c4ccc5c6c(cccc46)CC5)c4ccc(-c5ccc6ccccc6c5)cc34)ccc21. The third-order valence-corrected chi connectivity index (χ3v) is 12.1. The first-order chi connectivity index (χ1) is 25.0.